The van der Waals surface area contributed by atoms with Crippen molar-refractivity contribution in [2.24, 2.45) is 5.92 Å². The van der Waals surface area contributed by atoms with Gasteiger partial charge in [-0.05, 0) is 23.8 Å². The zero-order valence-electron chi connectivity index (χ0n) is 8.56. The third kappa shape index (κ3) is 2.00. The number of amides is 1. The molecule has 1 aromatic carbocycles. The Bertz CT molecular complexity index is 424. The van der Waals surface area contributed by atoms with Crippen LogP contribution in [-0.2, 0) is 4.79 Å². The number of thiol groups is 1. The van der Waals surface area contributed by atoms with E-state index in [1.165, 1.54) is 17.0 Å². The average Bonchev–Trinajstić information content (AvgIpc) is 2.63. The highest BCUT2D eigenvalue weighted by Crippen LogP contribution is 2.30. The third-order valence-electron chi connectivity index (χ3n) is 2.68. The predicted molar refractivity (Wildman–Crippen MR) is 62.4 cm³/mol. The van der Waals surface area contributed by atoms with E-state index in [2.05, 4.69) is 12.6 Å². The van der Waals surface area contributed by atoms with Crippen molar-refractivity contribution < 1.29 is 14.3 Å². The lowest BCUT2D eigenvalue weighted by Gasteiger charge is -2.17. The van der Waals surface area contributed by atoms with Crippen molar-refractivity contribution in [2.45, 2.75) is 6.42 Å². The zero-order valence-corrected chi connectivity index (χ0v) is 9.45. The Balaban J connectivity index is 2.30. The molecule has 1 N–H and O–H groups in total. The van der Waals surface area contributed by atoms with Crippen molar-refractivity contribution in [2.75, 3.05) is 17.2 Å². The van der Waals surface area contributed by atoms with Gasteiger partial charge in [-0.15, -0.1) is 0 Å². The largest absolute Gasteiger partial charge is 0.508 e. The van der Waals surface area contributed by atoms with Crippen LogP contribution in [0.3, 0.4) is 0 Å². The molecule has 0 bridgehead atoms. The summed E-state index contributed by atoms with van der Waals surface area (Å²) in [5.41, 5.74) is 0.147. The molecule has 1 atom stereocenters. The molecule has 2 rings (SSSR count). The molecule has 1 aromatic rings. The third-order valence-corrected chi connectivity index (χ3v) is 3.20. The second-order valence-corrected chi connectivity index (χ2v) is 4.26. The maximum absolute atomic E-state index is 13.5. The molecular weight excluding hydrogens is 229 g/mol. The van der Waals surface area contributed by atoms with Crippen LogP contribution in [0.1, 0.15) is 6.42 Å². The Morgan fingerprint density at radius 1 is 1.56 bits per heavy atom. The van der Waals surface area contributed by atoms with E-state index in [1.807, 2.05) is 0 Å². The molecule has 1 fully saturated rings. The number of aromatic hydroxyl groups is 1. The lowest BCUT2D eigenvalue weighted by atomic mass is 10.1. The molecule has 0 aromatic heterocycles. The fraction of sp³-hybridized carbons (Fsp3) is 0.364. The Hall–Kier alpha value is -1.23. The van der Waals surface area contributed by atoms with Gasteiger partial charge in [0.15, 0.2) is 0 Å². The zero-order chi connectivity index (χ0) is 11.7. The number of benzene rings is 1. The molecule has 1 heterocycles. The van der Waals surface area contributed by atoms with Gasteiger partial charge in [-0.1, -0.05) is 0 Å². The van der Waals surface area contributed by atoms with Gasteiger partial charge in [0.2, 0.25) is 5.91 Å². The van der Waals surface area contributed by atoms with Crippen LogP contribution in [-0.4, -0.2) is 23.3 Å². The summed E-state index contributed by atoms with van der Waals surface area (Å²) in [5.74, 6) is 0.0912. The molecule has 1 amide bonds. The van der Waals surface area contributed by atoms with Crippen molar-refractivity contribution in [1.82, 2.24) is 0 Å². The minimum atomic E-state index is -0.494. The van der Waals surface area contributed by atoms with Crippen molar-refractivity contribution in [3.8, 4) is 5.75 Å². The highest BCUT2D eigenvalue weighted by molar-refractivity contribution is 7.80. The normalized spacial score (nSPS) is 20.5. The number of carbonyl (C=O) groups excluding carboxylic acids is 1. The number of rotatable bonds is 2. The van der Waals surface area contributed by atoms with Gasteiger partial charge in [0.1, 0.15) is 11.6 Å². The molecule has 0 saturated carbocycles. The molecule has 0 radical (unpaired) electrons. The molecular formula is C11H12FNO2S. The molecule has 86 valence electrons. The van der Waals surface area contributed by atoms with Gasteiger partial charge in [0, 0.05) is 19.0 Å². The number of phenolic OH excluding ortho intramolecular Hbond substituents is 1. The lowest BCUT2D eigenvalue weighted by Crippen LogP contribution is -2.25. The number of carbonyl (C=O) groups is 1. The van der Waals surface area contributed by atoms with Gasteiger partial charge in [0.05, 0.1) is 5.69 Å². The van der Waals surface area contributed by atoms with E-state index < -0.39 is 5.82 Å². The van der Waals surface area contributed by atoms with E-state index in [4.69, 9.17) is 0 Å². The number of anilines is 1. The lowest BCUT2D eigenvalue weighted by molar-refractivity contribution is -0.117. The van der Waals surface area contributed by atoms with E-state index in [-0.39, 0.29) is 23.3 Å². The maximum atomic E-state index is 13.5. The standard InChI is InChI=1S/C11H12FNO2S/c12-9-2-1-8(14)4-10(9)13-5-7(6-16)3-11(13)15/h1-2,4,7,14,16H,3,5-6H2. The van der Waals surface area contributed by atoms with Gasteiger partial charge in [-0.3, -0.25) is 4.79 Å². The van der Waals surface area contributed by atoms with Crippen molar-refractivity contribution in [1.29, 1.82) is 0 Å². The number of phenols is 1. The molecule has 0 aliphatic carbocycles. The molecule has 1 aliphatic heterocycles. The smallest absolute Gasteiger partial charge is 0.227 e. The highest BCUT2D eigenvalue weighted by Gasteiger charge is 2.31. The van der Waals surface area contributed by atoms with Crippen molar-refractivity contribution in [3.05, 3.63) is 24.0 Å². The average molecular weight is 241 g/mol. The summed E-state index contributed by atoms with van der Waals surface area (Å²) >= 11 is 4.13. The van der Waals surface area contributed by atoms with Crippen LogP contribution in [0, 0.1) is 11.7 Å². The first kappa shape index (κ1) is 11.3. The van der Waals surface area contributed by atoms with E-state index in [9.17, 15) is 14.3 Å². The topological polar surface area (TPSA) is 40.5 Å². The first-order chi connectivity index (χ1) is 7.61. The van der Waals surface area contributed by atoms with Crippen molar-refractivity contribution in [3.63, 3.8) is 0 Å². The quantitative estimate of drug-likeness (QED) is 0.775. The second kappa shape index (κ2) is 4.33. The van der Waals surface area contributed by atoms with Crippen LogP contribution >= 0.6 is 12.6 Å². The molecule has 1 aliphatic rings. The first-order valence-corrected chi connectivity index (χ1v) is 5.65. The molecule has 1 saturated heterocycles. The van der Waals surface area contributed by atoms with Gasteiger partial charge in [-0.25, -0.2) is 4.39 Å². The predicted octanol–water partition coefficient (Wildman–Crippen LogP) is 1.81. The van der Waals surface area contributed by atoms with Crippen LogP contribution in [0.25, 0.3) is 0 Å². The molecule has 3 nitrogen and oxygen atoms in total. The fourth-order valence-corrected chi connectivity index (χ4v) is 2.09. The number of nitrogens with zero attached hydrogens (tertiary/aromatic N) is 1. The highest BCUT2D eigenvalue weighted by atomic mass is 32.1. The van der Waals surface area contributed by atoms with Gasteiger partial charge < -0.3 is 10.0 Å². The molecule has 16 heavy (non-hydrogen) atoms. The Morgan fingerprint density at radius 2 is 2.31 bits per heavy atom. The fourth-order valence-electron chi connectivity index (χ4n) is 1.84. The van der Waals surface area contributed by atoms with Crippen LogP contribution in [0.15, 0.2) is 18.2 Å². The number of halogens is 1. The Kier molecular flexibility index (Phi) is 3.05. The number of hydrogen-bond acceptors (Lipinski definition) is 3. The summed E-state index contributed by atoms with van der Waals surface area (Å²) in [6, 6.07) is 3.69. The number of hydrogen-bond donors (Lipinski definition) is 2. The summed E-state index contributed by atoms with van der Waals surface area (Å²) in [6.45, 7) is 0.461. The van der Waals surface area contributed by atoms with E-state index in [0.29, 0.717) is 18.7 Å². The minimum Gasteiger partial charge on any atom is -0.508 e. The summed E-state index contributed by atoms with van der Waals surface area (Å²) < 4.78 is 13.5. The van der Waals surface area contributed by atoms with Gasteiger partial charge in [0.25, 0.3) is 0 Å². The van der Waals surface area contributed by atoms with Crippen LogP contribution in [0.2, 0.25) is 0 Å². The van der Waals surface area contributed by atoms with Crippen LogP contribution in [0.5, 0.6) is 5.75 Å². The Morgan fingerprint density at radius 3 is 2.94 bits per heavy atom. The summed E-state index contributed by atoms with van der Waals surface area (Å²) in [4.78, 5) is 13.0. The minimum absolute atomic E-state index is 0.0430. The van der Waals surface area contributed by atoms with Gasteiger partial charge >= 0.3 is 0 Å². The summed E-state index contributed by atoms with van der Waals surface area (Å²) in [7, 11) is 0. The molecule has 1 unspecified atom stereocenters. The Labute approximate surface area is 98.3 Å². The van der Waals surface area contributed by atoms with E-state index in [0.717, 1.165) is 6.07 Å². The van der Waals surface area contributed by atoms with E-state index >= 15 is 0 Å². The SMILES string of the molecule is O=C1CC(CS)CN1c1cc(O)ccc1F. The van der Waals surface area contributed by atoms with E-state index in [1.54, 1.807) is 0 Å². The monoisotopic (exact) mass is 241 g/mol. The van der Waals surface area contributed by atoms with Crippen molar-refractivity contribution >= 4 is 24.2 Å². The summed E-state index contributed by atoms with van der Waals surface area (Å²) in [5, 5.41) is 9.29. The van der Waals surface area contributed by atoms with Crippen LogP contribution in [0.4, 0.5) is 10.1 Å². The summed E-state index contributed by atoms with van der Waals surface area (Å²) in [6.07, 6.45) is 0.387. The molecule has 5 heteroatoms. The van der Waals surface area contributed by atoms with Crippen LogP contribution < -0.4 is 4.90 Å². The molecule has 0 spiro atoms. The maximum Gasteiger partial charge on any atom is 0.227 e. The van der Waals surface area contributed by atoms with Gasteiger partial charge in [-0.2, -0.15) is 12.6 Å². The second-order valence-electron chi connectivity index (χ2n) is 3.89. The first-order valence-electron chi connectivity index (χ1n) is 5.01.